The van der Waals surface area contributed by atoms with Gasteiger partial charge in [0, 0.05) is 11.1 Å². The minimum atomic E-state index is -0.158. The van der Waals surface area contributed by atoms with E-state index in [9.17, 15) is 5.11 Å². The van der Waals surface area contributed by atoms with Gasteiger partial charge in [0.2, 0.25) is 5.88 Å². The van der Waals surface area contributed by atoms with Crippen LogP contribution in [0.15, 0.2) is 42.5 Å². The number of aromatic hydroxyl groups is 1. The number of hydrogen-bond donors (Lipinski definition) is 1. The molecular weight excluding hydrogens is 378 g/mol. The highest BCUT2D eigenvalue weighted by molar-refractivity contribution is 5.86. The lowest BCUT2D eigenvalue weighted by Gasteiger charge is -2.19. The molecule has 1 aromatic heterocycles. The van der Waals surface area contributed by atoms with Crippen molar-refractivity contribution in [2.75, 3.05) is 13.7 Å². The Hall–Kier alpha value is -3.15. The van der Waals surface area contributed by atoms with Gasteiger partial charge in [-0.05, 0) is 35.8 Å². The molecule has 0 bridgehead atoms. The van der Waals surface area contributed by atoms with E-state index in [0.717, 1.165) is 47.5 Å². The van der Waals surface area contributed by atoms with E-state index in [-0.39, 0.29) is 5.88 Å². The molecule has 0 amide bonds. The maximum absolute atomic E-state index is 10.5. The van der Waals surface area contributed by atoms with Gasteiger partial charge in [-0.1, -0.05) is 68.5 Å². The fraction of sp³-hybridized carbons (Fsp3) is 0.375. The van der Waals surface area contributed by atoms with Gasteiger partial charge < -0.3 is 14.6 Å². The molecule has 0 saturated heterocycles. The minimum absolute atomic E-state index is 0.158. The number of ether oxygens (including phenoxy) is 2. The summed E-state index contributed by atoms with van der Waals surface area (Å²) in [7, 11) is 1.66. The van der Waals surface area contributed by atoms with Crippen LogP contribution in [0, 0.1) is 0 Å². The Morgan fingerprint density at radius 2 is 1.73 bits per heavy atom. The standard InChI is InChI=1S/C24H29N3O3/c1-4-6-7-11-16-30-23-18(5-2)20(29-3)15-14-19(23)22-21(24(28)26-27-25-22)17-12-9-8-10-13-17/h8-10,12-15H,4-7,11,16H2,1-3H3,(H,25,26,28). The van der Waals surface area contributed by atoms with E-state index in [0.29, 0.717) is 17.9 Å². The quantitative estimate of drug-likeness (QED) is 0.451. The first-order valence-electron chi connectivity index (χ1n) is 10.5. The number of methoxy groups -OCH3 is 1. The highest BCUT2D eigenvalue weighted by Gasteiger charge is 2.22. The molecule has 6 heteroatoms. The van der Waals surface area contributed by atoms with Gasteiger partial charge in [0.05, 0.1) is 19.3 Å². The number of unbranched alkanes of at least 4 members (excludes halogenated alkanes) is 3. The molecule has 30 heavy (non-hydrogen) atoms. The molecule has 0 spiro atoms. The molecule has 0 saturated carbocycles. The van der Waals surface area contributed by atoms with Crippen LogP contribution in [0.25, 0.3) is 22.4 Å². The average molecular weight is 408 g/mol. The molecule has 3 aromatic rings. The number of benzene rings is 2. The summed E-state index contributed by atoms with van der Waals surface area (Å²) in [4.78, 5) is 0. The maximum atomic E-state index is 10.5. The Balaban J connectivity index is 2.11. The number of rotatable bonds is 10. The van der Waals surface area contributed by atoms with Gasteiger partial charge >= 0.3 is 0 Å². The van der Waals surface area contributed by atoms with Crippen LogP contribution in [0.3, 0.4) is 0 Å². The van der Waals surface area contributed by atoms with Crippen molar-refractivity contribution in [2.45, 2.75) is 46.0 Å². The first-order chi connectivity index (χ1) is 14.7. The van der Waals surface area contributed by atoms with Gasteiger partial charge in [-0.3, -0.25) is 0 Å². The van der Waals surface area contributed by atoms with Gasteiger partial charge in [0.25, 0.3) is 0 Å². The van der Waals surface area contributed by atoms with E-state index in [2.05, 4.69) is 29.3 Å². The number of nitrogens with zero attached hydrogens (tertiary/aromatic N) is 3. The molecule has 1 heterocycles. The van der Waals surface area contributed by atoms with Gasteiger partial charge in [-0.2, -0.15) is 0 Å². The SMILES string of the molecule is CCCCCCOc1c(-c2nnnc(O)c2-c2ccccc2)ccc(OC)c1CC. The average Bonchev–Trinajstić information content (AvgIpc) is 2.78. The lowest BCUT2D eigenvalue weighted by Crippen LogP contribution is -2.05. The Bertz CT molecular complexity index is 961. The van der Waals surface area contributed by atoms with Crippen molar-refractivity contribution in [3.05, 3.63) is 48.0 Å². The summed E-state index contributed by atoms with van der Waals surface area (Å²) in [6.45, 7) is 4.87. The molecule has 0 atom stereocenters. The summed E-state index contributed by atoms with van der Waals surface area (Å²) in [5, 5.41) is 22.4. The second-order valence-electron chi connectivity index (χ2n) is 7.09. The van der Waals surface area contributed by atoms with Gasteiger partial charge in [-0.25, -0.2) is 0 Å². The first-order valence-corrected chi connectivity index (χ1v) is 10.5. The van der Waals surface area contributed by atoms with Crippen LogP contribution >= 0.6 is 0 Å². The summed E-state index contributed by atoms with van der Waals surface area (Å²) in [5.41, 5.74) is 3.63. The molecule has 6 nitrogen and oxygen atoms in total. The molecule has 0 radical (unpaired) electrons. The Morgan fingerprint density at radius 3 is 2.43 bits per heavy atom. The van der Waals surface area contributed by atoms with Crippen LogP contribution in [0.4, 0.5) is 0 Å². The summed E-state index contributed by atoms with van der Waals surface area (Å²) >= 11 is 0. The minimum Gasteiger partial charge on any atom is -0.496 e. The van der Waals surface area contributed by atoms with E-state index in [4.69, 9.17) is 9.47 Å². The third kappa shape index (κ3) is 4.70. The fourth-order valence-electron chi connectivity index (χ4n) is 3.56. The van der Waals surface area contributed by atoms with Crippen LogP contribution in [-0.4, -0.2) is 34.2 Å². The summed E-state index contributed by atoms with van der Waals surface area (Å²) in [5.74, 6) is 1.34. The van der Waals surface area contributed by atoms with Crippen molar-refractivity contribution in [3.63, 3.8) is 0 Å². The Labute approximate surface area is 177 Å². The van der Waals surface area contributed by atoms with Crippen molar-refractivity contribution in [3.8, 4) is 39.8 Å². The smallest absolute Gasteiger partial charge is 0.243 e. The van der Waals surface area contributed by atoms with Crippen LogP contribution in [-0.2, 0) is 6.42 Å². The first kappa shape index (κ1) is 21.6. The van der Waals surface area contributed by atoms with Crippen molar-refractivity contribution in [1.82, 2.24) is 15.4 Å². The van der Waals surface area contributed by atoms with E-state index in [1.165, 1.54) is 12.8 Å². The predicted octanol–water partition coefficient (Wildman–Crippen LogP) is 5.44. The molecule has 158 valence electrons. The molecule has 0 aliphatic heterocycles. The zero-order valence-corrected chi connectivity index (χ0v) is 17.9. The second kappa shape index (κ2) is 10.6. The summed E-state index contributed by atoms with van der Waals surface area (Å²) < 4.78 is 11.9. The number of hydrogen-bond acceptors (Lipinski definition) is 6. The molecule has 3 rings (SSSR count). The molecule has 0 aliphatic carbocycles. The third-order valence-electron chi connectivity index (χ3n) is 5.10. The van der Waals surface area contributed by atoms with Crippen molar-refractivity contribution < 1.29 is 14.6 Å². The Morgan fingerprint density at radius 1 is 0.933 bits per heavy atom. The topological polar surface area (TPSA) is 77.4 Å². The second-order valence-corrected chi connectivity index (χ2v) is 7.09. The van der Waals surface area contributed by atoms with Gasteiger partial charge in [0.1, 0.15) is 17.2 Å². The fourth-order valence-corrected chi connectivity index (χ4v) is 3.56. The normalized spacial score (nSPS) is 10.8. The maximum Gasteiger partial charge on any atom is 0.243 e. The summed E-state index contributed by atoms with van der Waals surface area (Å²) in [6, 6.07) is 13.4. The lowest BCUT2D eigenvalue weighted by atomic mass is 9.97. The van der Waals surface area contributed by atoms with Gasteiger partial charge in [-0.15, -0.1) is 5.10 Å². The lowest BCUT2D eigenvalue weighted by molar-refractivity contribution is 0.300. The van der Waals surface area contributed by atoms with Crippen LogP contribution < -0.4 is 9.47 Å². The third-order valence-corrected chi connectivity index (χ3v) is 5.10. The molecule has 2 aromatic carbocycles. The van der Waals surface area contributed by atoms with E-state index in [1.54, 1.807) is 7.11 Å². The van der Waals surface area contributed by atoms with E-state index < -0.39 is 0 Å². The molecular formula is C24H29N3O3. The number of aromatic nitrogens is 3. The van der Waals surface area contributed by atoms with E-state index in [1.807, 2.05) is 42.5 Å². The summed E-state index contributed by atoms with van der Waals surface area (Å²) in [6.07, 6.45) is 5.22. The zero-order valence-electron chi connectivity index (χ0n) is 17.9. The highest BCUT2D eigenvalue weighted by Crippen LogP contribution is 2.43. The van der Waals surface area contributed by atoms with Crippen LogP contribution in [0.2, 0.25) is 0 Å². The van der Waals surface area contributed by atoms with Crippen molar-refractivity contribution >= 4 is 0 Å². The zero-order chi connectivity index (χ0) is 21.3. The monoisotopic (exact) mass is 407 g/mol. The largest absolute Gasteiger partial charge is 0.496 e. The molecule has 0 aliphatic rings. The van der Waals surface area contributed by atoms with Crippen molar-refractivity contribution in [2.24, 2.45) is 0 Å². The van der Waals surface area contributed by atoms with E-state index >= 15 is 0 Å². The highest BCUT2D eigenvalue weighted by atomic mass is 16.5. The predicted molar refractivity (Wildman–Crippen MR) is 118 cm³/mol. The van der Waals surface area contributed by atoms with Crippen LogP contribution in [0.1, 0.15) is 45.1 Å². The van der Waals surface area contributed by atoms with Gasteiger partial charge in [0.15, 0.2) is 0 Å². The van der Waals surface area contributed by atoms with Crippen LogP contribution in [0.5, 0.6) is 17.4 Å². The molecule has 1 N–H and O–H groups in total. The molecule has 0 fully saturated rings. The Kier molecular flexibility index (Phi) is 7.60. The molecule has 0 unspecified atom stereocenters. The van der Waals surface area contributed by atoms with Crippen molar-refractivity contribution in [1.29, 1.82) is 0 Å².